The second kappa shape index (κ2) is 5.16. The van der Waals surface area contributed by atoms with Crippen LogP contribution in [-0.2, 0) is 4.74 Å². The second-order valence-corrected chi connectivity index (χ2v) is 4.05. The number of nitrogen functional groups attached to an aromatic ring is 1. The highest BCUT2D eigenvalue weighted by molar-refractivity contribution is 5.45. The molecule has 0 amide bonds. The van der Waals surface area contributed by atoms with Crippen LogP contribution in [0.5, 0.6) is 5.75 Å². The number of benzene rings is 1. The van der Waals surface area contributed by atoms with E-state index >= 15 is 0 Å². The summed E-state index contributed by atoms with van der Waals surface area (Å²) >= 11 is 0. The summed E-state index contributed by atoms with van der Waals surface area (Å²) in [4.78, 5) is 0. The maximum Gasteiger partial charge on any atom is 0.146 e. The molecule has 88 valence electrons. The van der Waals surface area contributed by atoms with Crippen LogP contribution in [0, 0.1) is 11.7 Å². The Labute approximate surface area is 94.3 Å². The second-order valence-electron chi connectivity index (χ2n) is 4.05. The van der Waals surface area contributed by atoms with E-state index in [9.17, 15) is 4.39 Å². The molecule has 1 aromatic rings. The minimum atomic E-state index is -0.404. The molecule has 4 heteroatoms. The Morgan fingerprint density at radius 2 is 2.12 bits per heavy atom. The lowest BCUT2D eigenvalue weighted by atomic mass is 10.0. The van der Waals surface area contributed by atoms with E-state index in [-0.39, 0.29) is 5.69 Å². The molecule has 1 aliphatic heterocycles. The van der Waals surface area contributed by atoms with Gasteiger partial charge in [-0.3, -0.25) is 0 Å². The SMILES string of the molecule is Nc1cc(OCC2CCOCC2)ccc1F. The molecule has 2 rings (SSSR count). The van der Waals surface area contributed by atoms with Crippen LogP contribution < -0.4 is 10.5 Å². The quantitative estimate of drug-likeness (QED) is 0.802. The first kappa shape index (κ1) is 11.2. The fourth-order valence-corrected chi connectivity index (χ4v) is 1.74. The van der Waals surface area contributed by atoms with Crippen molar-refractivity contribution in [2.45, 2.75) is 12.8 Å². The molecule has 0 radical (unpaired) electrons. The average Bonchev–Trinajstić information content (AvgIpc) is 2.32. The fourth-order valence-electron chi connectivity index (χ4n) is 1.74. The standard InChI is InChI=1S/C12H16FNO2/c13-11-2-1-10(7-12(11)14)16-8-9-3-5-15-6-4-9/h1-2,7,9H,3-6,8,14H2. The Hall–Kier alpha value is -1.29. The summed E-state index contributed by atoms with van der Waals surface area (Å²) in [7, 11) is 0. The Balaban J connectivity index is 1.86. The van der Waals surface area contributed by atoms with Crippen LogP contribution in [0.1, 0.15) is 12.8 Å². The van der Waals surface area contributed by atoms with E-state index in [0.717, 1.165) is 26.1 Å². The molecule has 2 N–H and O–H groups in total. The summed E-state index contributed by atoms with van der Waals surface area (Å²) in [5, 5.41) is 0. The highest BCUT2D eigenvalue weighted by Crippen LogP contribution is 2.21. The highest BCUT2D eigenvalue weighted by Gasteiger charge is 2.14. The van der Waals surface area contributed by atoms with E-state index < -0.39 is 5.82 Å². The lowest BCUT2D eigenvalue weighted by Gasteiger charge is -2.22. The number of nitrogens with two attached hydrogens (primary N) is 1. The zero-order valence-corrected chi connectivity index (χ0v) is 9.12. The van der Waals surface area contributed by atoms with Crippen molar-refractivity contribution in [3.8, 4) is 5.75 Å². The lowest BCUT2D eigenvalue weighted by Crippen LogP contribution is -2.21. The maximum absolute atomic E-state index is 12.9. The Bertz CT molecular complexity index is 351. The summed E-state index contributed by atoms with van der Waals surface area (Å²) in [6.07, 6.45) is 2.05. The third-order valence-corrected chi connectivity index (χ3v) is 2.79. The van der Waals surface area contributed by atoms with Gasteiger partial charge in [0.2, 0.25) is 0 Å². The zero-order chi connectivity index (χ0) is 11.4. The van der Waals surface area contributed by atoms with Crippen molar-refractivity contribution >= 4 is 5.69 Å². The van der Waals surface area contributed by atoms with Crippen LogP contribution in [0.2, 0.25) is 0 Å². The molecule has 0 unspecified atom stereocenters. The summed E-state index contributed by atoms with van der Waals surface area (Å²) in [6.45, 7) is 2.26. The van der Waals surface area contributed by atoms with Gasteiger partial charge in [0.15, 0.2) is 0 Å². The first-order valence-corrected chi connectivity index (χ1v) is 5.51. The van der Waals surface area contributed by atoms with Crippen molar-refractivity contribution in [2.24, 2.45) is 5.92 Å². The highest BCUT2D eigenvalue weighted by atomic mass is 19.1. The average molecular weight is 225 g/mol. The van der Waals surface area contributed by atoms with Gasteiger partial charge >= 0.3 is 0 Å². The minimum absolute atomic E-state index is 0.129. The van der Waals surface area contributed by atoms with Gasteiger partial charge in [-0.05, 0) is 30.9 Å². The van der Waals surface area contributed by atoms with E-state index in [1.165, 1.54) is 12.1 Å². The first-order chi connectivity index (χ1) is 7.75. The topological polar surface area (TPSA) is 44.5 Å². The third kappa shape index (κ3) is 2.85. The summed E-state index contributed by atoms with van der Waals surface area (Å²) in [5.41, 5.74) is 5.58. The number of ether oxygens (including phenoxy) is 2. The maximum atomic E-state index is 12.9. The number of hydrogen-bond donors (Lipinski definition) is 1. The van der Waals surface area contributed by atoms with Gasteiger partial charge in [0.1, 0.15) is 11.6 Å². The van der Waals surface area contributed by atoms with Crippen LogP contribution in [-0.4, -0.2) is 19.8 Å². The number of anilines is 1. The van der Waals surface area contributed by atoms with Gasteiger partial charge < -0.3 is 15.2 Å². The summed E-state index contributed by atoms with van der Waals surface area (Å²) in [6, 6.07) is 4.45. The molecule has 0 aliphatic carbocycles. The van der Waals surface area contributed by atoms with Gasteiger partial charge in [-0.1, -0.05) is 0 Å². The molecule has 0 aromatic heterocycles. The van der Waals surface area contributed by atoms with Crippen molar-refractivity contribution < 1.29 is 13.9 Å². The molecule has 1 aliphatic rings. The lowest BCUT2D eigenvalue weighted by molar-refractivity contribution is 0.0497. The van der Waals surface area contributed by atoms with Crippen LogP contribution in [0.25, 0.3) is 0 Å². The number of halogens is 1. The molecule has 1 saturated heterocycles. The molecular formula is C12H16FNO2. The van der Waals surface area contributed by atoms with Gasteiger partial charge in [-0.25, -0.2) is 4.39 Å². The van der Waals surface area contributed by atoms with Crippen molar-refractivity contribution in [1.82, 2.24) is 0 Å². The molecule has 1 heterocycles. The molecule has 0 bridgehead atoms. The molecule has 0 saturated carbocycles. The Morgan fingerprint density at radius 1 is 1.38 bits per heavy atom. The predicted molar refractivity (Wildman–Crippen MR) is 59.9 cm³/mol. The number of hydrogen-bond acceptors (Lipinski definition) is 3. The van der Waals surface area contributed by atoms with E-state index in [2.05, 4.69) is 0 Å². The minimum Gasteiger partial charge on any atom is -0.493 e. The normalized spacial score (nSPS) is 17.3. The van der Waals surface area contributed by atoms with Crippen LogP contribution >= 0.6 is 0 Å². The molecular weight excluding hydrogens is 209 g/mol. The van der Waals surface area contributed by atoms with E-state index in [0.29, 0.717) is 18.3 Å². The van der Waals surface area contributed by atoms with Crippen LogP contribution in [0.15, 0.2) is 18.2 Å². The van der Waals surface area contributed by atoms with Crippen molar-refractivity contribution in [1.29, 1.82) is 0 Å². The van der Waals surface area contributed by atoms with Gasteiger partial charge in [-0.15, -0.1) is 0 Å². The summed E-state index contributed by atoms with van der Waals surface area (Å²) < 4.78 is 23.7. The molecule has 0 atom stereocenters. The van der Waals surface area contributed by atoms with Crippen molar-refractivity contribution in [3.63, 3.8) is 0 Å². The Kier molecular flexibility index (Phi) is 3.62. The van der Waals surface area contributed by atoms with Crippen LogP contribution in [0.3, 0.4) is 0 Å². The molecule has 1 aromatic carbocycles. The smallest absolute Gasteiger partial charge is 0.146 e. The molecule has 1 fully saturated rings. The van der Waals surface area contributed by atoms with E-state index in [4.69, 9.17) is 15.2 Å². The fraction of sp³-hybridized carbons (Fsp3) is 0.500. The van der Waals surface area contributed by atoms with E-state index in [1.54, 1.807) is 6.07 Å². The molecule has 3 nitrogen and oxygen atoms in total. The number of rotatable bonds is 3. The third-order valence-electron chi connectivity index (χ3n) is 2.79. The van der Waals surface area contributed by atoms with E-state index in [1.807, 2.05) is 0 Å². The van der Waals surface area contributed by atoms with Crippen molar-refractivity contribution in [3.05, 3.63) is 24.0 Å². The van der Waals surface area contributed by atoms with Gasteiger partial charge in [-0.2, -0.15) is 0 Å². The Morgan fingerprint density at radius 3 is 2.81 bits per heavy atom. The van der Waals surface area contributed by atoms with Gasteiger partial charge in [0, 0.05) is 19.3 Å². The van der Waals surface area contributed by atoms with Crippen molar-refractivity contribution in [2.75, 3.05) is 25.6 Å². The van der Waals surface area contributed by atoms with Gasteiger partial charge in [0.25, 0.3) is 0 Å². The molecule has 0 spiro atoms. The van der Waals surface area contributed by atoms with Crippen LogP contribution in [0.4, 0.5) is 10.1 Å². The predicted octanol–water partition coefficient (Wildman–Crippen LogP) is 2.21. The first-order valence-electron chi connectivity index (χ1n) is 5.51. The largest absolute Gasteiger partial charge is 0.493 e. The molecule has 16 heavy (non-hydrogen) atoms. The summed E-state index contributed by atoms with van der Waals surface area (Å²) in [5.74, 6) is 0.754. The monoisotopic (exact) mass is 225 g/mol. The van der Waals surface area contributed by atoms with Gasteiger partial charge in [0.05, 0.1) is 12.3 Å². The zero-order valence-electron chi connectivity index (χ0n) is 9.12.